The lowest BCUT2D eigenvalue weighted by Gasteiger charge is -2.03. The third kappa shape index (κ3) is 2.61. The minimum atomic E-state index is 0.612. The van der Waals surface area contributed by atoms with E-state index in [-0.39, 0.29) is 0 Å². The first kappa shape index (κ1) is 12.0. The number of nitrogens with zero attached hydrogens (tertiary/aromatic N) is 1. The molecular formula is C13H16ClN3. The Morgan fingerprint density at radius 1 is 1.29 bits per heavy atom. The molecule has 2 aromatic rings. The molecule has 0 aliphatic heterocycles. The van der Waals surface area contributed by atoms with Gasteiger partial charge >= 0.3 is 0 Å². The first-order valence-electron chi connectivity index (χ1n) is 5.62. The van der Waals surface area contributed by atoms with E-state index in [1.807, 2.05) is 25.1 Å². The molecule has 1 aromatic heterocycles. The third-order valence-corrected chi connectivity index (χ3v) is 3.41. The summed E-state index contributed by atoms with van der Waals surface area (Å²) in [5, 5.41) is 7.90. The molecule has 3 N–H and O–H groups in total. The number of nitrogens with two attached hydrogens (primary N) is 1. The zero-order valence-electron chi connectivity index (χ0n) is 10.0. The number of anilines is 1. The zero-order chi connectivity index (χ0) is 12.4. The molecule has 0 spiro atoms. The van der Waals surface area contributed by atoms with Crippen LogP contribution in [0.1, 0.15) is 22.5 Å². The van der Waals surface area contributed by atoms with Crippen LogP contribution in [0, 0.1) is 13.8 Å². The van der Waals surface area contributed by atoms with Crippen LogP contribution in [0.5, 0.6) is 0 Å². The highest BCUT2D eigenvalue weighted by Crippen LogP contribution is 2.20. The summed E-state index contributed by atoms with van der Waals surface area (Å²) in [5.41, 5.74) is 11.1. The third-order valence-electron chi connectivity index (χ3n) is 3.06. The fourth-order valence-electron chi connectivity index (χ4n) is 1.79. The Morgan fingerprint density at radius 3 is 2.65 bits per heavy atom. The van der Waals surface area contributed by atoms with Gasteiger partial charge < -0.3 is 5.73 Å². The standard InChI is InChI=1S/C13H16ClN3/c1-8-9(2)16-17-13(8)6-4-10-3-5-11(14)12(15)7-10/h3,5,7H,4,6,15H2,1-2H3,(H,16,17). The van der Waals surface area contributed by atoms with Crippen LogP contribution in [-0.4, -0.2) is 10.2 Å². The van der Waals surface area contributed by atoms with Crippen LogP contribution >= 0.6 is 11.6 Å². The number of nitrogens with one attached hydrogen (secondary N) is 1. The fourth-order valence-corrected chi connectivity index (χ4v) is 1.91. The molecule has 0 amide bonds. The summed E-state index contributed by atoms with van der Waals surface area (Å²) in [5.74, 6) is 0. The van der Waals surface area contributed by atoms with Crippen LogP contribution in [0.3, 0.4) is 0 Å². The van der Waals surface area contributed by atoms with Crippen molar-refractivity contribution in [1.82, 2.24) is 10.2 Å². The van der Waals surface area contributed by atoms with E-state index < -0.39 is 0 Å². The molecule has 0 bridgehead atoms. The number of benzene rings is 1. The number of aromatic nitrogens is 2. The van der Waals surface area contributed by atoms with E-state index in [2.05, 4.69) is 17.1 Å². The van der Waals surface area contributed by atoms with Gasteiger partial charge in [0.2, 0.25) is 0 Å². The highest BCUT2D eigenvalue weighted by molar-refractivity contribution is 6.33. The summed E-state index contributed by atoms with van der Waals surface area (Å²) in [6.07, 6.45) is 1.84. The van der Waals surface area contributed by atoms with Crippen LogP contribution < -0.4 is 5.73 Å². The first-order chi connectivity index (χ1) is 8.08. The highest BCUT2D eigenvalue weighted by Gasteiger charge is 2.06. The number of nitrogen functional groups attached to an aromatic ring is 1. The number of H-pyrrole nitrogens is 1. The number of halogens is 1. The molecule has 0 fully saturated rings. The Morgan fingerprint density at radius 2 is 2.06 bits per heavy atom. The molecule has 0 aliphatic rings. The minimum Gasteiger partial charge on any atom is -0.398 e. The first-order valence-corrected chi connectivity index (χ1v) is 6.00. The van der Waals surface area contributed by atoms with Crippen LogP contribution in [0.15, 0.2) is 18.2 Å². The maximum Gasteiger partial charge on any atom is 0.0657 e. The van der Waals surface area contributed by atoms with Crippen molar-refractivity contribution in [2.75, 3.05) is 5.73 Å². The summed E-state index contributed by atoms with van der Waals surface area (Å²) in [6, 6.07) is 5.78. The Kier molecular flexibility index (Phi) is 3.38. The fraction of sp³-hybridized carbons (Fsp3) is 0.308. The number of aryl methyl sites for hydroxylation is 3. The zero-order valence-corrected chi connectivity index (χ0v) is 10.8. The van der Waals surface area contributed by atoms with Crippen molar-refractivity contribution < 1.29 is 0 Å². The van der Waals surface area contributed by atoms with Crippen molar-refractivity contribution in [3.8, 4) is 0 Å². The van der Waals surface area contributed by atoms with Gasteiger partial charge in [0.15, 0.2) is 0 Å². The molecular weight excluding hydrogens is 234 g/mol. The molecule has 90 valence electrons. The van der Waals surface area contributed by atoms with Gasteiger partial charge in [-0.2, -0.15) is 5.10 Å². The van der Waals surface area contributed by atoms with Crippen LogP contribution in [-0.2, 0) is 12.8 Å². The van der Waals surface area contributed by atoms with Gasteiger partial charge in [-0.25, -0.2) is 0 Å². The van der Waals surface area contributed by atoms with Gasteiger partial charge in [0, 0.05) is 5.69 Å². The molecule has 0 saturated heterocycles. The Hall–Kier alpha value is -1.48. The molecule has 0 saturated carbocycles. The number of hydrogen-bond acceptors (Lipinski definition) is 2. The summed E-state index contributed by atoms with van der Waals surface area (Å²) >= 11 is 5.88. The summed E-state index contributed by atoms with van der Waals surface area (Å²) in [6.45, 7) is 4.12. The Balaban J connectivity index is 2.07. The van der Waals surface area contributed by atoms with Crippen LogP contribution in [0.25, 0.3) is 0 Å². The molecule has 4 heteroatoms. The smallest absolute Gasteiger partial charge is 0.0657 e. The number of hydrogen-bond donors (Lipinski definition) is 2. The quantitative estimate of drug-likeness (QED) is 0.822. The van der Waals surface area contributed by atoms with E-state index in [0.29, 0.717) is 10.7 Å². The molecule has 0 atom stereocenters. The van der Waals surface area contributed by atoms with Gasteiger partial charge in [-0.1, -0.05) is 17.7 Å². The lowest BCUT2D eigenvalue weighted by Crippen LogP contribution is -1.95. The van der Waals surface area contributed by atoms with Gasteiger partial charge in [0.1, 0.15) is 0 Å². The number of aromatic amines is 1. The topological polar surface area (TPSA) is 54.7 Å². The lowest BCUT2D eigenvalue weighted by molar-refractivity contribution is 0.885. The minimum absolute atomic E-state index is 0.612. The van der Waals surface area contributed by atoms with Gasteiger partial charge in [-0.05, 0) is 49.9 Å². The predicted molar refractivity (Wildman–Crippen MR) is 71.3 cm³/mol. The summed E-state index contributed by atoms with van der Waals surface area (Å²) < 4.78 is 0. The van der Waals surface area contributed by atoms with Crippen molar-refractivity contribution in [3.05, 3.63) is 45.7 Å². The molecule has 17 heavy (non-hydrogen) atoms. The van der Waals surface area contributed by atoms with Crippen molar-refractivity contribution >= 4 is 17.3 Å². The molecule has 0 unspecified atom stereocenters. The largest absolute Gasteiger partial charge is 0.398 e. The predicted octanol–water partition coefficient (Wildman–Crippen LogP) is 3.05. The number of rotatable bonds is 3. The summed E-state index contributed by atoms with van der Waals surface area (Å²) in [4.78, 5) is 0. The van der Waals surface area contributed by atoms with Gasteiger partial charge in [-0.15, -0.1) is 0 Å². The van der Waals surface area contributed by atoms with Crippen molar-refractivity contribution in [2.45, 2.75) is 26.7 Å². The average Bonchev–Trinajstić information content (AvgIpc) is 2.62. The molecule has 0 aliphatic carbocycles. The van der Waals surface area contributed by atoms with Crippen LogP contribution in [0.4, 0.5) is 5.69 Å². The van der Waals surface area contributed by atoms with Crippen molar-refractivity contribution in [1.29, 1.82) is 0 Å². The van der Waals surface area contributed by atoms with E-state index in [4.69, 9.17) is 17.3 Å². The van der Waals surface area contributed by atoms with Crippen molar-refractivity contribution in [3.63, 3.8) is 0 Å². The Bertz CT molecular complexity index is 531. The van der Waals surface area contributed by atoms with E-state index in [0.717, 1.165) is 24.2 Å². The monoisotopic (exact) mass is 249 g/mol. The van der Waals surface area contributed by atoms with Gasteiger partial charge in [0.25, 0.3) is 0 Å². The molecule has 1 heterocycles. The van der Waals surface area contributed by atoms with E-state index >= 15 is 0 Å². The molecule has 2 rings (SSSR count). The second kappa shape index (κ2) is 4.80. The second-order valence-electron chi connectivity index (χ2n) is 4.28. The van der Waals surface area contributed by atoms with Crippen LogP contribution in [0.2, 0.25) is 5.02 Å². The normalized spacial score (nSPS) is 10.8. The second-order valence-corrected chi connectivity index (χ2v) is 4.68. The summed E-state index contributed by atoms with van der Waals surface area (Å²) in [7, 11) is 0. The van der Waals surface area contributed by atoms with Gasteiger partial charge in [0.05, 0.1) is 16.4 Å². The molecule has 1 aromatic carbocycles. The average molecular weight is 250 g/mol. The lowest BCUT2D eigenvalue weighted by atomic mass is 10.1. The maximum atomic E-state index is 5.88. The highest BCUT2D eigenvalue weighted by atomic mass is 35.5. The van der Waals surface area contributed by atoms with E-state index in [9.17, 15) is 0 Å². The van der Waals surface area contributed by atoms with E-state index in [1.54, 1.807) is 0 Å². The van der Waals surface area contributed by atoms with Crippen molar-refractivity contribution in [2.24, 2.45) is 0 Å². The Labute approximate surface area is 106 Å². The SMILES string of the molecule is Cc1[nH]nc(CCc2ccc(Cl)c(N)c2)c1C. The maximum absolute atomic E-state index is 5.88. The van der Waals surface area contributed by atoms with E-state index in [1.165, 1.54) is 11.1 Å². The molecule has 0 radical (unpaired) electrons. The van der Waals surface area contributed by atoms with Gasteiger partial charge in [-0.3, -0.25) is 5.10 Å². The molecule has 3 nitrogen and oxygen atoms in total.